The number of piperidine rings is 1. The molecule has 0 aromatic heterocycles. The lowest BCUT2D eigenvalue weighted by molar-refractivity contribution is -0.152. The molecular weight excluding hydrogens is 318 g/mol. The minimum absolute atomic E-state index is 0.0779. The van der Waals surface area contributed by atoms with Crippen LogP contribution in [0.4, 0.5) is 0 Å². The van der Waals surface area contributed by atoms with Crippen molar-refractivity contribution in [1.29, 1.82) is 0 Å². The number of nitrogens with zero attached hydrogens (tertiary/aromatic N) is 1. The van der Waals surface area contributed by atoms with E-state index in [2.05, 4.69) is 13.8 Å². The van der Waals surface area contributed by atoms with Crippen molar-refractivity contribution in [3.63, 3.8) is 0 Å². The molecule has 0 aliphatic carbocycles. The normalized spacial score (nSPS) is 20.4. The van der Waals surface area contributed by atoms with Crippen LogP contribution in [-0.2, 0) is 20.7 Å². The third kappa shape index (κ3) is 6.40. The number of hydrogen-bond acceptors (Lipinski definition) is 4. The number of rotatable bonds is 6. The molecule has 1 aliphatic heterocycles. The lowest BCUT2D eigenvalue weighted by atomic mass is 9.92. The van der Waals surface area contributed by atoms with Gasteiger partial charge in [-0.1, -0.05) is 26.0 Å². The molecule has 0 radical (unpaired) electrons. The van der Waals surface area contributed by atoms with Gasteiger partial charge in [-0.2, -0.15) is 0 Å². The summed E-state index contributed by atoms with van der Waals surface area (Å²) in [6.45, 7) is 9.51. The van der Waals surface area contributed by atoms with Crippen LogP contribution in [0.5, 0.6) is 5.75 Å². The van der Waals surface area contributed by atoms with Gasteiger partial charge >= 0.3 is 5.97 Å². The molecule has 1 fully saturated rings. The fourth-order valence-corrected chi connectivity index (χ4v) is 3.32. The van der Waals surface area contributed by atoms with Gasteiger partial charge < -0.3 is 14.4 Å². The fraction of sp³-hybridized carbons (Fsp3) is 0.600. The van der Waals surface area contributed by atoms with Crippen molar-refractivity contribution >= 4 is 11.9 Å². The summed E-state index contributed by atoms with van der Waals surface area (Å²) in [5.74, 6) is 1.21. The predicted molar refractivity (Wildman–Crippen MR) is 96.4 cm³/mol. The SMILES string of the molecule is CC1CC(C)CN(C(=O)COC(=O)Cc2cccc(OC(C)C)c2)C1. The third-order valence-corrected chi connectivity index (χ3v) is 4.20. The average molecular weight is 347 g/mol. The summed E-state index contributed by atoms with van der Waals surface area (Å²) in [7, 11) is 0. The molecular formula is C20H29NO4. The molecule has 0 N–H and O–H groups in total. The Bertz CT molecular complexity index is 589. The number of likely N-dealkylation sites (tertiary alicyclic amines) is 1. The Morgan fingerprint density at radius 3 is 2.52 bits per heavy atom. The van der Waals surface area contributed by atoms with E-state index in [1.165, 1.54) is 0 Å². The van der Waals surface area contributed by atoms with Crippen molar-refractivity contribution in [2.75, 3.05) is 19.7 Å². The number of carbonyl (C=O) groups is 2. The highest BCUT2D eigenvalue weighted by Crippen LogP contribution is 2.21. The number of esters is 1. The molecule has 1 heterocycles. The second-order valence-corrected chi connectivity index (χ2v) is 7.40. The van der Waals surface area contributed by atoms with E-state index in [-0.39, 0.29) is 25.0 Å². The first-order valence-corrected chi connectivity index (χ1v) is 9.02. The van der Waals surface area contributed by atoms with E-state index in [0.717, 1.165) is 30.8 Å². The van der Waals surface area contributed by atoms with E-state index in [9.17, 15) is 9.59 Å². The molecule has 138 valence electrons. The van der Waals surface area contributed by atoms with Crippen LogP contribution in [0.2, 0.25) is 0 Å². The number of ether oxygens (including phenoxy) is 2. The Kier molecular flexibility index (Phi) is 6.85. The first-order chi connectivity index (χ1) is 11.8. The van der Waals surface area contributed by atoms with Gasteiger partial charge in [-0.3, -0.25) is 9.59 Å². The standard InChI is InChI=1S/C20H29NO4/c1-14(2)25-18-7-5-6-17(9-18)10-20(23)24-13-19(22)21-11-15(3)8-16(4)12-21/h5-7,9,14-16H,8,10-13H2,1-4H3. The van der Waals surface area contributed by atoms with E-state index in [1.54, 1.807) is 0 Å². The molecule has 1 aromatic carbocycles. The van der Waals surface area contributed by atoms with E-state index >= 15 is 0 Å². The Morgan fingerprint density at radius 1 is 1.20 bits per heavy atom. The van der Waals surface area contributed by atoms with Crippen LogP contribution >= 0.6 is 0 Å². The van der Waals surface area contributed by atoms with Crippen molar-refractivity contribution in [3.8, 4) is 5.75 Å². The highest BCUT2D eigenvalue weighted by molar-refractivity contribution is 5.81. The molecule has 5 nitrogen and oxygen atoms in total. The van der Waals surface area contributed by atoms with Crippen molar-refractivity contribution in [1.82, 2.24) is 4.90 Å². The molecule has 0 bridgehead atoms. The molecule has 5 heteroatoms. The third-order valence-electron chi connectivity index (χ3n) is 4.20. The molecule has 1 saturated heterocycles. The summed E-state index contributed by atoms with van der Waals surface area (Å²) in [5, 5.41) is 0. The van der Waals surface area contributed by atoms with Crippen molar-refractivity contribution < 1.29 is 19.1 Å². The molecule has 1 amide bonds. The molecule has 0 saturated carbocycles. The van der Waals surface area contributed by atoms with Crippen LogP contribution in [-0.4, -0.2) is 42.6 Å². The summed E-state index contributed by atoms with van der Waals surface area (Å²) in [5.41, 5.74) is 0.816. The Labute approximate surface area is 150 Å². The lowest BCUT2D eigenvalue weighted by Gasteiger charge is -2.34. The van der Waals surface area contributed by atoms with Crippen LogP contribution in [0.1, 0.15) is 39.7 Å². The number of carbonyl (C=O) groups excluding carboxylic acids is 2. The van der Waals surface area contributed by atoms with Crippen LogP contribution < -0.4 is 4.74 Å². The zero-order valence-electron chi connectivity index (χ0n) is 15.7. The summed E-state index contributed by atoms with van der Waals surface area (Å²) >= 11 is 0. The molecule has 2 rings (SSSR count). The van der Waals surface area contributed by atoms with E-state index < -0.39 is 5.97 Å². The summed E-state index contributed by atoms with van der Waals surface area (Å²) in [6, 6.07) is 7.39. The van der Waals surface area contributed by atoms with Gasteiger partial charge in [-0.05, 0) is 49.8 Å². The smallest absolute Gasteiger partial charge is 0.310 e. The van der Waals surface area contributed by atoms with Gasteiger partial charge in [-0.15, -0.1) is 0 Å². The monoisotopic (exact) mass is 347 g/mol. The van der Waals surface area contributed by atoms with Crippen LogP contribution in [0.3, 0.4) is 0 Å². The quantitative estimate of drug-likeness (QED) is 0.742. The highest BCUT2D eigenvalue weighted by atomic mass is 16.5. The molecule has 2 atom stereocenters. The second-order valence-electron chi connectivity index (χ2n) is 7.40. The van der Waals surface area contributed by atoms with Gasteiger partial charge in [-0.25, -0.2) is 0 Å². The van der Waals surface area contributed by atoms with Crippen LogP contribution in [0.15, 0.2) is 24.3 Å². The number of amides is 1. The first-order valence-electron chi connectivity index (χ1n) is 9.02. The van der Waals surface area contributed by atoms with Crippen LogP contribution in [0.25, 0.3) is 0 Å². The van der Waals surface area contributed by atoms with Gasteiger partial charge in [0.1, 0.15) is 5.75 Å². The number of hydrogen-bond donors (Lipinski definition) is 0. The largest absolute Gasteiger partial charge is 0.491 e. The maximum atomic E-state index is 12.3. The highest BCUT2D eigenvalue weighted by Gasteiger charge is 2.25. The van der Waals surface area contributed by atoms with Crippen molar-refractivity contribution in [2.45, 2.75) is 46.6 Å². The maximum Gasteiger partial charge on any atom is 0.310 e. The molecule has 1 aromatic rings. The summed E-state index contributed by atoms with van der Waals surface area (Å²) in [6.07, 6.45) is 1.35. The minimum atomic E-state index is -0.395. The maximum absolute atomic E-state index is 12.3. The van der Waals surface area contributed by atoms with Crippen LogP contribution in [0, 0.1) is 11.8 Å². The van der Waals surface area contributed by atoms with Gasteiger partial charge in [0.2, 0.25) is 0 Å². The lowest BCUT2D eigenvalue weighted by Crippen LogP contribution is -2.44. The zero-order chi connectivity index (χ0) is 18.4. The van der Waals surface area contributed by atoms with Gasteiger partial charge in [0.25, 0.3) is 5.91 Å². The zero-order valence-corrected chi connectivity index (χ0v) is 15.7. The second kappa shape index (κ2) is 8.88. The molecule has 0 spiro atoms. The van der Waals surface area contributed by atoms with Crippen molar-refractivity contribution in [3.05, 3.63) is 29.8 Å². The Hall–Kier alpha value is -2.04. The summed E-state index contributed by atoms with van der Waals surface area (Å²) in [4.78, 5) is 26.1. The molecule has 25 heavy (non-hydrogen) atoms. The molecule has 2 unspecified atom stereocenters. The van der Waals surface area contributed by atoms with E-state index in [1.807, 2.05) is 43.0 Å². The first kappa shape index (κ1) is 19.3. The number of benzene rings is 1. The van der Waals surface area contributed by atoms with Gasteiger partial charge in [0.15, 0.2) is 6.61 Å². The van der Waals surface area contributed by atoms with E-state index in [4.69, 9.17) is 9.47 Å². The predicted octanol–water partition coefficient (Wildman–Crippen LogP) is 3.06. The topological polar surface area (TPSA) is 55.8 Å². The summed E-state index contributed by atoms with van der Waals surface area (Å²) < 4.78 is 10.8. The minimum Gasteiger partial charge on any atom is -0.491 e. The van der Waals surface area contributed by atoms with Gasteiger partial charge in [0.05, 0.1) is 12.5 Å². The Morgan fingerprint density at radius 2 is 1.88 bits per heavy atom. The molecule has 1 aliphatic rings. The average Bonchev–Trinajstić information content (AvgIpc) is 2.51. The van der Waals surface area contributed by atoms with E-state index in [0.29, 0.717) is 11.8 Å². The Balaban J connectivity index is 1.81. The fourth-order valence-electron chi connectivity index (χ4n) is 3.32. The van der Waals surface area contributed by atoms with Gasteiger partial charge in [0, 0.05) is 13.1 Å². The van der Waals surface area contributed by atoms with Crippen molar-refractivity contribution in [2.24, 2.45) is 11.8 Å².